The van der Waals surface area contributed by atoms with Crippen molar-refractivity contribution in [1.82, 2.24) is 14.7 Å². The minimum absolute atomic E-state index is 0.0936. The van der Waals surface area contributed by atoms with Crippen LogP contribution in [0, 0.1) is 24.7 Å². The molecule has 1 aliphatic heterocycles. The Labute approximate surface area is 152 Å². The maximum absolute atomic E-state index is 13.0. The monoisotopic (exact) mass is 353 g/mol. The summed E-state index contributed by atoms with van der Waals surface area (Å²) in [6.07, 6.45) is 3.79. The fourth-order valence-corrected chi connectivity index (χ4v) is 4.00. The molecule has 136 valence electrons. The molecule has 0 bridgehead atoms. The van der Waals surface area contributed by atoms with Crippen molar-refractivity contribution in [1.29, 1.82) is 0 Å². The van der Waals surface area contributed by atoms with Crippen LogP contribution in [-0.2, 0) is 11.3 Å². The summed E-state index contributed by atoms with van der Waals surface area (Å²) < 4.78 is 1.83. The third kappa shape index (κ3) is 3.11. The van der Waals surface area contributed by atoms with Gasteiger partial charge in [0.2, 0.25) is 0 Å². The highest BCUT2D eigenvalue weighted by Crippen LogP contribution is 2.44. The average Bonchev–Trinajstić information content (AvgIpc) is 3.28. The Bertz CT molecular complexity index is 826. The lowest BCUT2D eigenvalue weighted by molar-refractivity contribution is -0.142. The zero-order valence-electron chi connectivity index (χ0n) is 14.8. The molecule has 26 heavy (non-hydrogen) atoms. The molecule has 1 aromatic carbocycles. The molecule has 1 saturated heterocycles. The van der Waals surface area contributed by atoms with Crippen molar-refractivity contribution in [2.75, 3.05) is 13.1 Å². The van der Waals surface area contributed by atoms with Crippen LogP contribution in [0.5, 0.6) is 0 Å². The zero-order valence-corrected chi connectivity index (χ0v) is 14.8. The number of nitrogens with zero attached hydrogens (tertiary/aromatic N) is 3. The van der Waals surface area contributed by atoms with E-state index in [4.69, 9.17) is 0 Å². The normalized spacial score (nSPS) is 22.6. The number of amides is 1. The molecule has 1 amide bonds. The van der Waals surface area contributed by atoms with E-state index in [1.807, 2.05) is 41.9 Å². The van der Waals surface area contributed by atoms with E-state index >= 15 is 0 Å². The molecule has 2 aromatic rings. The van der Waals surface area contributed by atoms with Crippen LogP contribution in [0.1, 0.15) is 34.5 Å². The second kappa shape index (κ2) is 6.59. The summed E-state index contributed by atoms with van der Waals surface area (Å²) in [7, 11) is 0. The molecule has 0 spiro atoms. The average molecular weight is 353 g/mol. The van der Waals surface area contributed by atoms with Crippen LogP contribution in [-0.4, -0.2) is 44.8 Å². The number of hydrogen-bond donors (Lipinski definition) is 1. The number of aliphatic carboxylic acids is 1. The van der Waals surface area contributed by atoms with Gasteiger partial charge < -0.3 is 10.0 Å². The van der Waals surface area contributed by atoms with Gasteiger partial charge in [0.1, 0.15) is 0 Å². The number of carboxylic acid groups (broad SMARTS) is 1. The second-order valence-corrected chi connectivity index (χ2v) is 7.44. The van der Waals surface area contributed by atoms with E-state index in [-0.39, 0.29) is 11.8 Å². The molecule has 1 aromatic heterocycles. The highest BCUT2D eigenvalue weighted by Gasteiger charge is 2.47. The Morgan fingerprint density at radius 2 is 1.92 bits per heavy atom. The number of carbonyl (C=O) groups excluding carboxylic acids is 1. The standard InChI is InChI=1S/C20H23N3O3/c1-13-16(9-21-23(13)10-14-5-3-2-4-6-14)19(24)22-11-17(15-7-8-15)18(12-22)20(25)26/h2-6,9,15,17-18H,7-8,10-12H2,1H3,(H,25,26)/t17-,18+/m1/s1. The van der Waals surface area contributed by atoms with Crippen LogP contribution in [0.2, 0.25) is 0 Å². The maximum Gasteiger partial charge on any atom is 0.308 e. The quantitative estimate of drug-likeness (QED) is 0.896. The number of benzene rings is 1. The van der Waals surface area contributed by atoms with E-state index < -0.39 is 11.9 Å². The summed E-state index contributed by atoms with van der Waals surface area (Å²) in [4.78, 5) is 26.2. The molecular formula is C20H23N3O3. The highest BCUT2D eigenvalue weighted by atomic mass is 16.4. The number of carbonyl (C=O) groups is 2. The van der Waals surface area contributed by atoms with Crippen molar-refractivity contribution in [2.24, 2.45) is 17.8 Å². The lowest BCUT2D eigenvalue weighted by atomic mass is 9.92. The first-order valence-corrected chi connectivity index (χ1v) is 9.13. The van der Waals surface area contributed by atoms with Crippen molar-refractivity contribution >= 4 is 11.9 Å². The van der Waals surface area contributed by atoms with Gasteiger partial charge in [-0.05, 0) is 37.2 Å². The molecular weight excluding hydrogens is 330 g/mol. The molecule has 1 aliphatic carbocycles. The Morgan fingerprint density at radius 1 is 1.19 bits per heavy atom. The van der Waals surface area contributed by atoms with E-state index in [0.29, 0.717) is 31.1 Å². The number of aromatic nitrogens is 2. The smallest absolute Gasteiger partial charge is 0.308 e. The molecule has 6 nitrogen and oxygen atoms in total. The summed E-state index contributed by atoms with van der Waals surface area (Å²) >= 11 is 0. The lowest BCUT2D eigenvalue weighted by Crippen LogP contribution is -2.30. The molecule has 2 aliphatic rings. The Balaban J connectivity index is 1.51. The first-order valence-electron chi connectivity index (χ1n) is 9.13. The summed E-state index contributed by atoms with van der Waals surface area (Å²) in [5.74, 6) is -0.761. The van der Waals surface area contributed by atoms with Crippen LogP contribution < -0.4 is 0 Å². The van der Waals surface area contributed by atoms with E-state index in [1.165, 1.54) is 0 Å². The largest absolute Gasteiger partial charge is 0.481 e. The third-order valence-electron chi connectivity index (χ3n) is 5.71. The fraction of sp³-hybridized carbons (Fsp3) is 0.450. The summed E-state index contributed by atoms with van der Waals surface area (Å²) in [6, 6.07) is 9.99. The minimum Gasteiger partial charge on any atom is -0.481 e. The topological polar surface area (TPSA) is 75.4 Å². The molecule has 0 unspecified atom stereocenters. The minimum atomic E-state index is -0.784. The number of carboxylic acids is 1. The van der Waals surface area contributed by atoms with Gasteiger partial charge in [-0.25, -0.2) is 0 Å². The van der Waals surface area contributed by atoms with E-state index in [1.54, 1.807) is 11.1 Å². The zero-order chi connectivity index (χ0) is 18.3. The van der Waals surface area contributed by atoms with Crippen LogP contribution in [0.4, 0.5) is 0 Å². The molecule has 2 fully saturated rings. The van der Waals surface area contributed by atoms with Crippen LogP contribution in [0.3, 0.4) is 0 Å². The molecule has 2 heterocycles. The summed E-state index contributed by atoms with van der Waals surface area (Å²) in [6.45, 7) is 3.36. The number of hydrogen-bond acceptors (Lipinski definition) is 3. The van der Waals surface area contributed by atoms with Crippen LogP contribution >= 0.6 is 0 Å². The molecule has 1 N–H and O–H groups in total. The molecule has 4 rings (SSSR count). The van der Waals surface area contributed by atoms with Gasteiger partial charge in [-0.1, -0.05) is 30.3 Å². The van der Waals surface area contributed by atoms with Gasteiger partial charge in [0.05, 0.1) is 24.2 Å². The van der Waals surface area contributed by atoms with Crippen molar-refractivity contribution in [3.63, 3.8) is 0 Å². The number of rotatable bonds is 5. The van der Waals surface area contributed by atoms with Crippen molar-refractivity contribution in [3.05, 3.63) is 53.3 Å². The SMILES string of the molecule is Cc1c(C(=O)N2C[C@H](C(=O)O)[C@@H](C3CC3)C2)cnn1Cc1ccccc1. The molecule has 2 atom stereocenters. The van der Waals surface area contributed by atoms with Crippen LogP contribution in [0.25, 0.3) is 0 Å². The van der Waals surface area contributed by atoms with Gasteiger partial charge in [0.25, 0.3) is 5.91 Å². The van der Waals surface area contributed by atoms with Crippen LogP contribution in [0.15, 0.2) is 36.5 Å². The fourth-order valence-electron chi connectivity index (χ4n) is 4.00. The van der Waals surface area contributed by atoms with E-state index in [9.17, 15) is 14.7 Å². The predicted octanol–water partition coefficient (Wildman–Crippen LogP) is 2.42. The lowest BCUT2D eigenvalue weighted by Gasteiger charge is -2.16. The van der Waals surface area contributed by atoms with Gasteiger partial charge in [0, 0.05) is 18.8 Å². The summed E-state index contributed by atoms with van der Waals surface area (Å²) in [5.41, 5.74) is 2.51. The molecule has 1 saturated carbocycles. The molecule has 6 heteroatoms. The second-order valence-electron chi connectivity index (χ2n) is 7.44. The Morgan fingerprint density at radius 3 is 2.58 bits per heavy atom. The molecule has 0 radical (unpaired) electrons. The Hall–Kier alpha value is -2.63. The van der Waals surface area contributed by atoms with Gasteiger partial charge in [-0.3, -0.25) is 14.3 Å². The first kappa shape index (κ1) is 16.8. The number of likely N-dealkylation sites (tertiary alicyclic amines) is 1. The van der Waals surface area contributed by atoms with Gasteiger partial charge in [-0.2, -0.15) is 5.10 Å². The predicted molar refractivity (Wildman–Crippen MR) is 95.8 cm³/mol. The van der Waals surface area contributed by atoms with Crippen molar-refractivity contribution in [3.8, 4) is 0 Å². The summed E-state index contributed by atoms with van der Waals surface area (Å²) in [5, 5.41) is 13.9. The maximum atomic E-state index is 13.0. The van der Waals surface area contributed by atoms with Crippen molar-refractivity contribution < 1.29 is 14.7 Å². The first-order chi connectivity index (χ1) is 12.5. The van der Waals surface area contributed by atoms with E-state index in [2.05, 4.69) is 5.10 Å². The van der Waals surface area contributed by atoms with Gasteiger partial charge in [-0.15, -0.1) is 0 Å². The third-order valence-corrected chi connectivity index (χ3v) is 5.71. The van der Waals surface area contributed by atoms with Gasteiger partial charge in [0.15, 0.2) is 0 Å². The van der Waals surface area contributed by atoms with Gasteiger partial charge >= 0.3 is 5.97 Å². The Kier molecular flexibility index (Phi) is 4.26. The highest BCUT2D eigenvalue weighted by molar-refractivity contribution is 5.95. The van der Waals surface area contributed by atoms with E-state index in [0.717, 1.165) is 24.1 Å². The van der Waals surface area contributed by atoms with Crippen molar-refractivity contribution in [2.45, 2.75) is 26.3 Å².